The van der Waals surface area contributed by atoms with Crippen molar-refractivity contribution in [3.63, 3.8) is 0 Å². The largest absolute Gasteiger partial charge is 0.456 e. The molecule has 1 aliphatic rings. The minimum absolute atomic E-state index is 0.0997. The van der Waals surface area contributed by atoms with Crippen molar-refractivity contribution in [2.24, 2.45) is 0 Å². The molecule has 3 heteroatoms. The first-order valence-electron chi connectivity index (χ1n) is 17.9. The first-order valence-corrected chi connectivity index (χ1v) is 18.7. The molecule has 0 atom stereocenters. The van der Waals surface area contributed by atoms with E-state index in [2.05, 4.69) is 170 Å². The number of hydrogen-bond acceptors (Lipinski definition) is 3. The maximum Gasteiger partial charge on any atom is 0.135 e. The van der Waals surface area contributed by atoms with Crippen molar-refractivity contribution in [3.05, 3.63) is 175 Å². The summed E-state index contributed by atoms with van der Waals surface area (Å²) in [5, 5.41) is 7.50. The van der Waals surface area contributed by atoms with E-state index < -0.39 is 0 Å². The van der Waals surface area contributed by atoms with Crippen molar-refractivity contribution in [1.82, 2.24) is 0 Å². The molecule has 52 heavy (non-hydrogen) atoms. The molecule has 0 unspecified atom stereocenters. The zero-order valence-electron chi connectivity index (χ0n) is 28.9. The molecule has 2 heterocycles. The van der Waals surface area contributed by atoms with Crippen molar-refractivity contribution < 1.29 is 4.42 Å². The lowest BCUT2D eigenvalue weighted by molar-refractivity contribution is 0.660. The smallest absolute Gasteiger partial charge is 0.135 e. The highest BCUT2D eigenvalue weighted by Gasteiger charge is 2.37. The van der Waals surface area contributed by atoms with Gasteiger partial charge in [0.25, 0.3) is 0 Å². The van der Waals surface area contributed by atoms with Crippen LogP contribution >= 0.6 is 11.3 Å². The topological polar surface area (TPSA) is 16.4 Å². The number of benzene rings is 8. The van der Waals surface area contributed by atoms with Crippen LogP contribution in [0.3, 0.4) is 0 Å². The Morgan fingerprint density at radius 1 is 0.500 bits per heavy atom. The second-order valence-corrected chi connectivity index (χ2v) is 15.6. The molecule has 0 bridgehead atoms. The van der Waals surface area contributed by atoms with Gasteiger partial charge in [-0.05, 0) is 99.3 Å². The summed E-state index contributed by atoms with van der Waals surface area (Å²) in [5.74, 6) is 0. The fraction of sp³-hybridized carbons (Fsp3) is 0.0612. The van der Waals surface area contributed by atoms with Crippen LogP contribution in [0.25, 0.3) is 75.1 Å². The molecule has 2 nitrogen and oxygen atoms in total. The predicted molar refractivity (Wildman–Crippen MR) is 222 cm³/mol. The van der Waals surface area contributed by atoms with E-state index in [1.807, 2.05) is 23.5 Å². The summed E-state index contributed by atoms with van der Waals surface area (Å²) in [7, 11) is 0. The van der Waals surface area contributed by atoms with E-state index in [9.17, 15) is 0 Å². The van der Waals surface area contributed by atoms with Crippen molar-refractivity contribution in [1.29, 1.82) is 0 Å². The summed E-state index contributed by atoms with van der Waals surface area (Å²) >= 11 is 1.87. The number of nitrogens with zero attached hydrogens (tertiary/aromatic N) is 1. The number of furan rings is 1. The Kier molecular flexibility index (Phi) is 6.21. The average Bonchev–Trinajstić information content (AvgIpc) is 3.83. The van der Waals surface area contributed by atoms with Gasteiger partial charge < -0.3 is 9.32 Å². The van der Waals surface area contributed by atoms with Gasteiger partial charge in [0.05, 0.1) is 5.69 Å². The molecule has 0 amide bonds. The highest BCUT2D eigenvalue weighted by atomic mass is 32.1. The SMILES string of the molecule is CC1(C)c2ccccc2-c2c(N(c3ccc(-c4ccc5ccc6sc7ccccc7c6c5c4)cc3)c3ccc4oc5ccccc5c4c3)cccc21. The van der Waals surface area contributed by atoms with Gasteiger partial charge in [0.1, 0.15) is 11.2 Å². The first-order chi connectivity index (χ1) is 25.5. The van der Waals surface area contributed by atoms with Crippen LogP contribution in [0.5, 0.6) is 0 Å². The number of hydrogen-bond donors (Lipinski definition) is 0. The molecular formula is C49H33NOS. The van der Waals surface area contributed by atoms with Crippen LogP contribution in [-0.2, 0) is 5.41 Å². The molecule has 10 aromatic rings. The third kappa shape index (κ3) is 4.23. The molecule has 8 aromatic carbocycles. The molecule has 11 rings (SSSR count). The Morgan fingerprint density at radius 2 is 1.21 bits per heavy atom. The molecule has 1 aliphatic carbocycles. The average molecular weight is 684 g/mol. The van der Waals surface area contributed by atoms with E-state index in [0.29, 0.717) is 0 Å². The second-order valence-electron chi connectivity index (χ2n) is 14.5. The van der Waals surface area contributed by atoms with Crippen LogP contribution < -0.4 is 4.90 Å². The fourth-order valence-corrected chi connectivity index (χ4v) is 9.85. The molecule has 0 saturated heterocycles. The van der Waals surface area contributed by atoms with E-state index in [0.717, 1.165) is 33.3 Å². The van der Waals surface area contributed by atoms with Crippen LogP contribution in [0.1, 0.15) is 25.0 Å². The Labute approximate surface area is 305 Å². The van der Waals surface area contributed by atoms with E-state index in [4.69, 9.17) is 4.42 Å². The maximum absolute atomic E-state index is 6.27. The standard InChI is InChI=1S/C49H33NOS/c1-49(2)40-13-6-3-11-36(40)48-41(49)14-9-15-42(48)50(34-25-26-44-39(29-34)35-10-4-7-16-43(35)51-44)33-23-20-30(21-24-33)32-19-18-31-22-27-46-47(38(31)28-32)37-12-5-8-17-45(37)52-46/h3-29H,1-2H3. The van der Waals surface area contributed by atoms with Gasteiger partial charge in [0.2, 0.25) is 0 Å². The van der Waals surface area contributed by atoms with Crippen LogP contribution in [0, 0.1) is 0 Å². The van der Waals surface area contributed by atoms with Gasteiger partial charge in [-0.3, -0.25) is 0 Å². The minimum Gasteiger partial charge on any atom is -0.456 e. The van der Waals surface area contributed by atoms with Crippen molar-refractivity contribution in [2.45, 2.75) is 19.3 Å². The highest BCUT2D eigenvalue weighted by Crippen LogP contribution is 2.54. The third-order valence-electron chi connectivity index (χ3n) is 11.3. The van der Waals surface area contributed by atoms with Gasteiger partial charge in [0, 0.05) is 53.3 Å². The van der Waals surface area contributed by atoms with Crippen LogP contribution in [0.2, 0.25) is 0 Å². The Bertz CT molecular complexity index is 3050. The number of anilines is 3. The molecule has 2 aromatic heterocycles. The number of thiophene rings is 1. The summed E-state index contributed by atoms with van der Waals surface area (Å²) in [6, 6.07) is 60.0. The Morgan fingerprint density at radius 3 is 2.12 bits per heavy atom. The number of fused-ring (bicyclic) bond motifs is 11. The second kappa shape index (κ2) is 10.9. The summed E-state index contributed by atoms with van der Waals surface area (Å²) in [4.78, 5) is 2.43. The summed E-state index contributed by atoms with van der Waals surface area (Å²) < 4.78 is 8.93. The van der Waals surface area contributed by atoms with Gasteiger partial charge in [-0.25, -0.2) is 0 Å². The molecule has 0 spiro atoms. The summed E-state index contributed by atoms with van der Waals surface area (Å²) in [6.45, 7) is 4.70. The Hall–Kier alpha value is -6.16. The van der Waals surface area contributed by atoms with Crippen molar-refractivity contribution in [3.8, 4) is 22.3 Å². The van der Waals surface area contributed by atoms with Crippen LogP contribution in [0.4, 0.5) is 17.1 Å². The highest BCUT2D eigenvalue weighted by molar-refractivity contribution is 7.26. The molecule has 0 radical (unpaired) electrons. The summed E-state index contributed by atoms with van der Waals surface area (Å²) in [6.07, 6.45) is 0. The lowest BCUT2D eigenvalue weighted by atomic mass is 9.82. The van der Waals surface area contributed by atoms with Gasteiger partial charge in [0.15, 0.2) is 0 Å². The minimum atomic E-state index is -0.0997. The quantitative estimate of drug-likeness (QED) is 0.184. The maximum atomic E-state index is 6.27. The lowest BCUT2D eigenvalue weighted by Crippen LogP contribution is -2.16. The molecule has 0 aliphatic heterocycles. The number of para-hydroxylation sites is 1. The van der Waals surface area contributed by atoms with Crippen molar-refractivity contribution in [2.75, 3.05) is 4.90 Å². The van der Waals surface area contributed by atoms with Gasteiger partial charge in [-0.1, -0.05) is 117 Å². The lowest BCUT2D eigenvalue weighted by Gasteiger charge is -2.29. The normalized spacial score (nSPS) is 13.3. The van der Waals surface area contributed by atoms with Crippen LogP contribution in [0.15, 0.2) is 168 Å². The molecule has 0 N–H and O–H groups in total. The molecular weight excluding hydrogens is 651 g/mol. The van der Waals surface area contributed by atoms with Crippen LogP contribution in [-0.4, -0.2) is 0 Å². The molecule has 0 fully saturated rings. The zero-order chi connectivity index (χ0) is 34.6. The van der Waals surface area contributed by atoms with Crippen molar-refractivity contribution >= 4 is 81.3 Å². The van der Waals surface area contributed by atoms with E-state index >= 15 is 0 Å². The summed E-state index contributed by atoms with van der Waals surface area (Å²) in [5.41, 5.74) is 12.8. The van der Waals surface area contributed by atoms with Gasteiger partial charge >= 0.3 is 0 Å². The van der Waals surface area contributed by atoms with E-state index in [1.54, 1.807) is 0 Å². The first kappa shape index (κ1) is 29.6. The monoisotopic (exact) mass is 683 g/mol. The Balaban J connectivity index is 1.10. The fourth-order valence-electron chi connectivity index (χ4n) is 8.73. The van der Waals surface area contributed by atoms with Gasteiger partial charge in [-0.15, -0.1) is 11.3 Å². The van der Waals surface area contributed by atoms with E-state index in [1.165, 1.54) is 70.0 Å². The zero-order valence-corrected chi connectivity index (χ0v) is 29.7. The molecule has 246 valence electrons. The number of rotatable bonds is 4. The predicted octanol–water partition coefficient (Wildman–Crippen LogP) is 14.6. The third-order valence-corrected chi connectivity index (χ3v) is 12.4. The molecule has 0 saturated carbocycles. The van der Waals surface area contributed by atoms with Gasteiger partial charge in [-0.2, -0.15) is 0 Å². The van der Waals surface area contributed by atoms with E-state index in [-0.39, 0.29) is 5.41 Å².